The second-order valence-electron chi connectivity index (χ2n) is 3.92. The lowest BCUT2D eigenvalue weighted by atomic mass is 10.2. The number of thiol groups is 1. The van der Waals surface area contributed by atoms with E-state index in [4.69, 9.17) is 10.5 Å². The summed E-state index contributed by atoms with van der Waals surface area (Å²) < 4.78 is 5.54. The first kappa shape index (κ1) is 15.7. The SMILES string of the molecule is C=CSC(N)=NC(=O)c1cc(S)cc(OC(C)C)c1. The van der Waals surface area contributed by atoms with Gasteiger partial charge in [-0.2, -0.15) is 4.99 Å². The standard InChI is InChI=1S/C13H16N2O2S2/c1-4-19-13(14)15-12(16)9-5-10(17-8(2)3)7-11(18)6-9/h4-8,18H,1H2,2-3H3,(H2,14,15,16). The number of carbonyl (C=O) groups excluding carboxylic acids is 1. The van der Waals surface area contributed by atoms with Crippen LogP contribution in [0.1, 0.15) is 24.2 Å². The highest BCUT2D eigenvalue weighted by molar-refractivity contribution is 8.16. The van der Waals surface area contributed by atoms with Gasteiger partial charge in [0.05, 0.1) is 6.10 Å². The number of aliphatic imine (C=N–C) groups is 1. The first-order chi connectivity index (χ1) is 8.92. The molecule has 1 aromatic rings. The van der Waals surface area contributed by atoms with E-state index in [2.05, 4.69) is 24.2 Å². The second-order valence-corrected chi connectivity index (χ2v) is 5.43. The van der Waals surface area contributed by atoms with Crippen LogP contribution in [-0.2, 0) is 0 Å². The summed E-state index contributed by atoms with van der Waals surface area (Å²) in [5.74, 6) is 0.146. The third-order valence-corrected chi connectivity index (χ3v) is 2.68. The number of ether oxygens (including phenoxy) is 1. The van der Waals surface area contributed by atoms with Crippen LogP contribution in [0.3, 0.4) is 0 Å². The quantitative estimate of drug-likeness (QED) is 0.509. The van der Waals surface area contributed by atoms with Gasteiger partial charge in [0.1, 0.15) is 5.75 Å². The number of hydrogen-bond acceptors (Lipinski definition) is 4. The van der Waals surface area contributed by atoms with Gasteiger partial charge in [0.2, 0.25) is 0 Å². The first-order valence-corrected chi connectivity index (χ1v) is 6.92. The van der Waals surface area contributed by atoms with Gasteiger partial charge < -0.3 is 10.5 Å². The maximum absolute atomic E-state index is 11.9. The molecule has 4 nitrogen and oxygen atoms in total. The Bertz CT molecular complexity index is 513. The number of rotatable bonds is 4. The van der Waals surface area contributed by atoms with E-state index in [1.54, 1.807) is 18.2 Å². The molecule has 0 aromatic heterocycles. The number of hydrogen-bond donors (Lipinski definition) is 2. The van der Waals surface area contributed by atoms with E-state index in [1.807, 2.05) is 13.8 Å². The number of nitrogens with two attached hydrogens (primary N) is 1. The van der Waals surface area contributed by atoms with Crippen LogP contribution in [0.2, 0.25) is 0 Å². The molecule has 1 rings (SSSR count). The van der Waals surface area contributed by atoms with Crippen LogP contribution < -0.4 is 10.5 Å². The fourth-order valence-corrected chi connectivity index (χ4v) is 1.90. The van der Waals surface area contributed by atoms with Crippen molar-refractivity contribution in [3.05, 3.63) is 35.7 Å². The number of thioether (sulfide) groups is 1. The Labute approximate surface area is 122 Å². The zero-order valence-electron chi connectivity index (χ0n) is 10.8. The summed E-state index contributed by atoms with van der Waals surface area (Å²) >= 11 is 5.33. The molecule has 0 unspecified atom stereocenters. The molecule has 0 fully saturated rings. The Morgan fingerprint density at radius 1 is 1.53 bits per heavy atom. The summed E-state index contributed by atoms with van der Waals surface area (Å²) in [6.45, 7) is 7.31. The van der Waals surface area contributed by atoms with Crippen LogP contribution in [0.25, 0.3) is 0 Å². The molecular formula is C13H16N2O2S2. The van der Waals surface area contributed by atoms with E-state index >= 15 is 0 Å². The molecule has 6 heteroatoms. The summed E-state index contributed by atoms with van der Waals surface area (Å²) in [7, 11) is 0. The van der Waals surface area contributed by atoms with Gasteiger partial charge in [-0.15, -0.1) is 12.6 Å². The number of carbonyl (C=O) groups is 1. The molecule has 0 bridgehead atoms. The molecule has 0 aliphatic carbocycles. The Morgan fingerprint density at radius 2 is 2.21 bits per heavy atom. The zero-order chi connectivity index (χ0) is 14.4. The summed E-state index contributed by atoms with van der Waals surface area (Å²) in [5.41, 5.74) is 5.93. The van der Waals surface area contributed by atoms with Crippen LogP contribution in [0.4, 0.5) is 0 Å². The minimum atomic E-state index is -0.434. The maximum Gasteiger partial charge on any atom is 0.279 e. The highest BCUT2D eigenvalue weighted by Gasteiger charge is 2.09. The van der Waals surface area contributed by atoms with Gasteiger partial charge in [0.25, 0.3) is 5.91 Å². The van der Waals surface area contributed by atoms with Crippen molar-refractivity contribution in [2.75, 3.05) is 0 Å². The summed E-state index contributed by atoms with van der Waals surface area (Å²) in [5, 5.41) is 1.66. The van der Waals surface area contributed by atoms with Crippen molar-refractivity contribution in [3.63, 3.8) is 0 Å². The fourth-order valence-electron chi connectivity index (χ4n) is 1.32. The number of nitrogens with zero attached hydrogens (tertiary/aromatic N) is 1. The van der Waals surface area contributed by atoms with Gasteiger partial charge in [-0.1, -0.05) is 18.3 Å². The van der Waals surface area contributed by atoms with Crippen LogP contribution in [0.5, 0.6) is 5.75 Å². The number of benzene rings is 1. The van der Waals surface area contributed by atoms with Gasteiger partial charge in [0, 0.05) is 10.5 Å². The van der Waals surface area contributed by atoms with Crippen LogP contribution in [0.15, 0.2) is 40.1 Å². The molecule has 0 atom stereocenters. The average molecular weight is 296 g/mol. The molecule has 0 aliphatic rings. The third kappa shape index (κ3) is 5.40. The molecule has 0 radical (unpaired) electrons. The van der Waals surface area contributed by atoms with Crippen LogP contribution >= 0.6 is 24.4 Å². The largest absolute Gasteiger partial charge is 0.491 e. The lowest BCUT2D eigenvalue weighted by Gasteiger charge is -2.11. The average Bonchev–Trinajstić information content (AvgIpc) is 2.27. The van der Waals surface area contributed by atoms with Gasteiger partial charge in [-0.25, -0.2) is 0 Å². The molecule has 0 saturated carbocycles. The fraction of sp³-hybridized carbons (Fsp3) is 0.231. The summed E-state index contributed by atoms with van der Waals surface area (Å²) in [6, 6.07) is 4.98. The monoisotopic (exact) mass is 296 g/mol. The van der Waals surface area contributed by atoms with E-state index < -0.39 is 5.91 Å². The molecule has 2 N–H and O–H groups in total. The first-order valence-electron chi connectivity index (χ1n) is 5.59. The highest BCUT2D eigenvalue weighted by Crippen LogP contribution is 2.21. The number of amides is 1. The zero-order valence-corrected chi connectivity index (χ0v) is 12.5. The van der Waals surface area contributed by atoms with Crippen molar-refractivity contribution >= 4 is 35.5 Å². The van der Waals surface area contributed by atoms with Crippen molar-refractivity contribution in [1.82, 2.24) is 0 Å². The molecular weight excluding hydrogens is 280 g/mol. The van der Waals surface area contributed by atoms with Crippen LogP contribution in [0, 0.1) is 0 Å². The van der Waals surface area contributed by atoms with E-state index in [9.17, 15) is 4.79 Å². The van der Waals surface area contributed by atoms with E-state index in [0.29, 0.717) is 16.2 Å². The Kier molecular flexibility index (Phi) is 5.98. The van der Waals surface area contributed by atoms with Crippen molar-refractivity contribution in [1.29, 1.82) is 0 Å². The van der Waals surface area contributed by atoms with Gasteiger partial charge in [0.15, 0.2) is 5.17 Å². The molecule has 0 saturated heterocycles. The molecule has 0 aliphatic heterocycles. The Morgan fingerprint density at radius 3 is 2.79 bits per heavy atom. The van der Waals surface area contributed by atoms with E-state index in [1.165, 1.54) is 5.41 Å². The second kappa shape index (κ2) is 7.25. The molecule has 102 valence electrons. The van der Waals surface area contributed by atoms with Crippen molar-refractivity contribution in [2.24, 2.45) is 10.7 Å². The molecule has 1 aromatic carbocycles. The van der Waals surface area contributed by atoms with Gasteiger partial charge in [-0.05, 0) is 37.5 Å². The van der Waals surface area contributed by atoms with Crippen molar-refractivity contribution < 1.29 is 9.53 Å². The summed E-state index contributed by atoms with van der Waals surface area (Å²) in [4.78, 5) is 16.3. The molecule has 1 amide bonds. The Hall–Kier alpha value is -1.40. The third-order valence-electron chi connectivity index (χ3n) is 1.93. The number of amidine groups is 1. The highest BCUT2D eigenvalue weighted by atomic mass is 32.2. The lowest BCUT2D eigenvalue weighted by Crippen LogP contribution is -2.10. The minimum Gasteiger partial charge on any atom is -0.491 e. The predicted octanol–water partition coefficient (Wildman–Crippen LogP) is 3.09. The Balaban J connectivity index is 3.00. The molecule has 0 spiro atoms. The maximum atomic E-state index is 11.9. The predicted molar refractivity (Wildman–Crippen MR) is 83.2 cm³/mol. The van der Waals surface area contributed by atoms with E-state index in [-0.39, 0.29) is 11.3 Å². The lowest BCUT2D eigenvalue weighted by molar-refractivity contribution is 0.100. The molecule has 19 heavy (non-hydrogen) atoms. The van der Waals surface area contributed by atoms with Crippen LogP contribution in [-0.4, -0.2) is 17.2 Å². The topological polar surface area (TPSA) is 64.7 Å². The minimum absolute atomic E-state index is 0.0166. The smallest absolute Gasteiger partial charge is 0.279 e. The summed E-state index contributed by atoms with van der Waals surface area (Å²) in [6.07, 6.45) is 0.0166. The van der Waals surface area contributed by atoms with Gasteiger partial charge in [-0.3, -0.25) is 4.79 Å². The van der Waals surface area contributed by atoms with Crippen molar-refractivity contribution in [2.45, 2.75) is 24.8 Å². The van der Waals surface area contributed by atoms with Crippen molar-refractivity contribution in [3.8, 4) is 5.75 Å². The normalized spacial score (nSPS) is 11.5. The molecule has 0 heterocycles. The van der Waals surface area contributed by atoms with Gasteiger partial charge >= 0.3 is 0 Å². The van der Waals surface area contributed by atoms with E-state index in [0.717, 1.165) is 11.8 Å².